The van der Waals surface area contributed by atoms with Crippen LogP contribution in [0.5, 0.6) is 0 Å². The molecule has 0 aliphatic carbocycles. The molecule has 0 aliphatic heterocycles. The summed E-state index contributed by atoms with van der Waals surface area (Å²) >= 11 is 0. The molecule has 0 N–H and O–H groups in total. The van der Waals surface area contributed by atoms with Crippen LogP contribution < -0.4 is 16.2 Å². The Labute approximate surface area is 174 Å². The normalized spacial score (nSPS) is 11.8. The van der Waals surface area contributed by atoms with Crippen LogP contribution in [-0.2, 0) is 6.18 Å². The third-order valence-corrected chi connectivity index (χ3v) is 7.33. The smallest absolute Gasteiger partial charge is 0.296 e. The fourth-order valence-corrected chi connectivity index (χ4v) is 5.88. The van der Waals surface area contributed by atoms with E-state index in [9.17, 15) is 13.2 Å². The van der Waals surface area contributed by atoms with Crippen molar-refractivity contribution in [3.8, 4) is 5.69 Å². The van der Waals surface area contributed by atoms with Gasteiger partial charge in [-0.05, 0) is 36.6 Å². The topological polar surface area (TPSA) is 17.8 Å². The highest BCUT2D eigenvalue weighted by Gasteiger charge is 2.35. The lowest BCUT2D eigenvalue weighted by Crippen LogP contribution is -2.28. The van der Waals surface area contributed by atoms with Crippen LogP contribution in [-0.4, -0.2) is 9.55 Å². The number of para-hydroxylation sites is 1. The molecule has 3 aromatic carbocycles. The van der Waals surface area contributed by atoms with Gasteiger partial charge < -0.3 is 0 Å². The summed E-state index contributed by atoms with van der Waals surface area (Å²) in [4.78, 5) is 4.79. The molecule has 2 nitrogen and oxygen atoms in total. The molecule has 4 rings (SSSR count). The molecule has 30 heavy (non-hydrogen) atoms. The molecule has 0 unspecified atom stereocenters. The van der Waals surface area contributed by atoms with Crippen molar-refractivity contribution in [2.24, 2.45) is 0 Å². The molecule has 0 amide bonds. The molecular weight excluding hydrogens is 404 g/mol. The molecule has 4 aromatic rings. The van der Waals surface area contributed by atoms with Gasteiger partial charge in [0.25, 0.3) is 0 Å². The summed E-state index contributed by atoms with van der Waals surface area (Å²) in [5.41, 5.74) is 1.51. The summed E-state index contributed by atoms with van der Waals surface area (Å²) in [6, 6.07) is 25.4. The zero-order valence-electron chi connectivity index (χ0n) is 16.6. The molecule has 0 spiro atoms. The van der Waals surface area contributed by atoms with Crippen molar-refractivity contribution < 1.29 is 13.2 Å². The molecule has 6 heteroatoms. The minimum atomic E-state index is -4.46. The van der Waals surface area contributed by atoms with E-state index < -0.39 is 19.7 Å². The standard InChI is InChI=1S/C24H20F3N2P/c1-17-18(2)29(22-16-10-9-15-21(22)24(25,26)27)23(28-17)30(19-11-5-3-6-12-19)20-13-7-4-8-14-20/h3-16H,1-2H3. The zero-order valence-corrected chi connectivity index (χ0v) is 17.5. The summed E-state index contributed by atoms with van der Waals surface area (Å²) in [5, 5.41) is 2.07. The number of benzene rings is 3. The molecule has 152 valence electrons. The predicted molar refractivity (Wildman–Crippen MR) is 117 cm³/mol. The SMILES string of the molecule is Cc1nc(P(c2ccccc2)c2ccccc2)n(-c2ccccc2C(F)(F)F)c1C. The highest BCUT2D eigenvalue weighted by Crippen LogP contribution is 2.38. The van der Waals surface area contributed by atoms with Gasteiger partial charge in [-0.15, -0.1) is 0 Å². The first kappa shape index (κ1) is 20.4. The minimum absolute atomic E-state index is 0.109. The van der Waals surface area contributed by atoms with E-state index in [1.165, 1.54) is 12.1 Å². The summed E-state index contributed by atoms with van der Waals surface area (Å²) in [6.45, 7) is 3.66. The van der Waals surface area contributed by atoms with Crippen molar-refractivity contribution in [3.05, 3.63) is 102 Å². The zero-order chi connectivity index (χ0) is 21.3. The first-order chi connectivity index (χ1) is 14.4. The summed E-state index contributed by atoms with van der Waals surface area (Å²) < 4.78 is 43.2. The van der Waals surface area contributed by atoms with Gasteiger partial charge in [-0.2, -0.15) is 13.2 Å². The van der Waals surface area contributed by atoms with Crippen LogP contribution in [0.3, 0.4) is 0 Å². The highest BCUT2D eigenvalue weighted by atomic mass is 31.1. The molecule has 0 fully saturated rings. The molecular formula is C24H20F3N2P. The van der Waals surface area contributed by atoms with Gasteiger partial charge in [0.2, 0.25) is 0 Å². The Balaban J connectivity index is 2.02. The second kappa shape index (κ2) is 8.08. The molecule has 0 atom stereocenters. The summed E-state index contributed by atoms with van der Waals surface area (Å²) in [7, 11) is -1.15. The molecule has 0 radical (unpaired) electrons. The summed E-state index contributed by atoms with van der Waals surface area (Å²) in [6.07, 6.45) is -4.46. The third kappa shape index (κ3) is 3.78. The number of rotatable bonds is 4. The van der Waals surface area contributed by atoms with Gasteiger partial charge in [0.05, 0.1) is 16.9 Å². The average molecular weight is 424 g/mol. The van der Waals surface area contributed by atoms with Crippen molar-refractivity contribution in [1.82, 2.24) is 9.55 Å². The lowest BCUT2D eigenvalue weighted by Gasteiger charge is -2.22. The first-order valence-corrected chi connectivity index (χ1v) is 10.8. The van der Waals surface area contributed by atoms with Crippen LogP contribution in [0.1, 0.15) is 17.0 Å². The van der Waals surface area contributed by atoms with Gasteiger partial charge in [-0.25, -0.2) is 4.98 Å². The number of hydrogen-bond donors (Lipinski definition) is 0. The van der Waals surface area contributed by atoms with Crippen molar-refractivity contribution in [1.29, 1.82) is 0 Å². The van der Waals surface area contributed by atoms with E-state index in [1.54, 1.807) is 10.6 Å². The maximum Gasteiger partial charge on any atom is 0.418 e. The lowest BCUT2D eigenvalue weighted by molar-refractivity contribution is -0.137. The van der Waals surface area contributed by atoms with Crippen LogP contribution in [0.25, 0.3) is 5.69 Å². The number of aryl methyl sites for hydroxylation is 1. The van der Waals surface area contributed by atoms with E-state index >= 15 is 0 Å². The monoisotopic (exact) mass is 424 g/mol. The van der Waals surface area contributed by atoms with E-state index in [-0.39, 0.29) is 5.69 Å². The van der Waals surface area contributed by atoms with E-state index in [0.29, 0.717) is 11.3 Å². The Bertz CT molecular complexity index is 1110. The van der Waals surface area contributed by atoms with Gasteiger partial charge in [0.1, 0.15) is 5.57 Å². The Morgan fingerprint density at radius 3 is 1.77 bits per heavy atom. The maximum absolute atomic E-state index is 13.8. The predicted octanol–water partition coefficient (Wildman–Crippen LogP) is 5.27. The van der Waals surface area contributed by atoms with E-state index in [0.717, 1.165) is 22.4 Å². The maximum atomic E-state index is 13.8. The molecule has 0 aliphatic rings. The van der Waals surface area contributed by atoms with Crippen LogP contribution in [0.15, 0.2) is 84.9 Å². The fraction of sp³-hybridized carbons (Fsp3) is 0.125. The number of aromatic nitrogens is 2. The van der Waals surface area contributed by atoms with E-state index in [1.807, 2.05) is 74.5 Å². The van der Waals surface area contributed by atoms with Crippen LogP contribution >= 0.6 is 7.92 Å². The number of alkyl halides is 3. The first-order valence-electron chi connectivity index (χ1n) is 9.50. The van der Waals surface area contributed by atoms with Gasteiger partial charge >= 0.3 is 6.18 Å². The van der Waals surface area contributed by atoms with Gasteiger partial charge in [0.15, 0.2) is 0 Å². The molecule has 0 bridgehead atoms. The minimum Gasteiger partial charge on any atom is -0.296 e. The summed E-state index contributed by atoms with van der Waals surface area (Å²) in [5.74, 6) is 0. The number of nitrogens with zero attached hydrogens (tertiary/aromatic N) is 2. The van der Waals surface area contributed by atoms with Crippen molar-refractivity contribution >= 4 is 24.1 Å². The number of imidazole rings is 1. The highest BCUT2D eigenvalue weighted by molar-refractivity contribution is 7.79. The Hall–Kier alpha value is -2.91. The number of halogens is 3. The largest absolute Gasteiger partial charge is 0.418 e. The van der Waals surface area contributed by atoms with Crippen LogP contribution in [0.2, 0.25) is 0 Å². The fourth-order valence-electron chi connectivity index (χ4n) is 3.47. The van der Waals surface area contributed by atoms with Crippen LogP contribution in [0, 0.1) is 13.8 Å². The molecule has 0 saturated carbocycles. The second-order valence-corrected chi connectivity index (χ2v) is 9.04. The lowest BCUT2D eigenvalue weighted by atomic mass is 10.1. The van der Waals surface area contributed by atoms with E-state index in [2.05, 4.69) is 0 Å². The molecule has 1 aromatic heterocycles. The Morgan fingerprint density at radius 2 is 1.23 bits per heavy atom. The van der Waals surface area contributed by atoms with Gasteiger partial charge in [-0.1, -0.05) is 72.8 Å². The second-order valence-electron chi connectivity index (χ2n) is 6.94. The number of hydrogen-bond acceptors (Lipinski definition) is 1. The van der Waals surface area contributed by atoms with Gasteiger partial charge in [0, 0.05) is 13.6 Å². The van der Waals surface area contributed by atoms with Crippen LogP contribution in [0.4, 0.5) is 13.2 Å². The average Bonchev–Trinajstić information content (AvgIpc) is 3.03. The third-order valence-electron chi connectivity index (χ3n) is 5.01. The van der Waals surface area contributed by atoms with Crippen molar-refractivity contribution in [2.45, 2.75) is 20.0 Å². The van der Waals surface area contributed by atoms with Gasteiger partial charge in [-0.3, -0.25) is 4.57 Å². The quantitative estimate of drug-likeness (QED) is 0.409. The van der Waals surface area contributed by atoms with E-state index in [4.69, 9.17) is 4.98 Å². The van der Waals surface area contributed by atoms with Crippen molar-refractivity contribution in [2.75, 3.05) is 0 Å². The molecule has 0 saturated heterocycles. The Kier molecular flexibility index (Phi) is 5.48. The Morgan fingerprint density at radius 1 is 0.733 bits per heavy atom. The van der Waals surface area contributed by atoms with Crippen molar-refractivity contribution in [3.63, 3.8) is 0 Å². The molecule has 1 heterocycles.